The third-order valence-corrected chi connectivity index (χ3v) is 2.64. The van der Waals surface area contributed by atoms with Gasteiger partial charge in [-0.1, -0.05) is 17.7 Å². The number of aromatic nitrogens is 2. The molecule has 0 radical (unpaired) electrons. The second-order valence-electron chi connectivity index (χ2n) is 4.91. The first-order valence-corrected chi connectivity index (χ1v) is 6.51. The van der Waals surface area contributed by atoms with Crippen molar-refractivity contribution in [2.24, 2.45) is 0 Å². The SMILES string of the molecule is Cc1ccc(Nc2ncc(C(=O)NC(C)C)cn2)cc1. The van der Waals surface area contributed by atoms with Crippen LogP contribution in [-0.2, 0) is 0 Å². The number of nitrogens with one attached hydrogen (secondary N) is 2. The number of anilines is 2. The van der Waals surface area contributed by atoms with Crippen molar-refractivity contribution in [3.63, 3.8) is 0 Å². The molecule has 2 aromatic rings. The number of amides is 1. The number of carbonyl (C=O) groups excluding carboxylic acids is 1. The summed E-state index contributed by atoms with van der Waals surface area (Å²) in [6, 6.07) is 8.02. The summed E-state index contributed by atoms with van der Waals surface area (Å²) in [5.74, 6) is 0.303. The van der Waals surface area contributed by atoms with Crippen molar-refractivity contribution >= 4 is 17.5 Å². The molecule has 0 aliphatic carbocycles. The van der Waals surface area contributed by atoms with Crippen molar-refractivity contribution in [2.45, 2.75) is 26.8 Å². The van der Waals surface area contributed by atoms with Gasteiger partial charge >= 0.3 is 0 Å². The third kappa shape index (κ3) is 3.78. The molecule has 1 aromatic carbocycles. The van der Waals surface area contributed by atoms with Gasteiger partial charge in [0.25, 0.3) is 5.91 Å². The molecule has 0 atom stereocenters. The Morgan fingerprint density at radius 2 is 1.70 bits per heavy atom. The van der Waals surface area contributed by atoms with Gasteiger partial charge in [-0.25, -0.2) is 9.97 Å². The van der Waals surface area contributed by atoms with Crippen LogP contribution in [0.2, 0.25) is 0 Å². The van der Waals surface area contributed by atoms with E-state index >= 15 is 0 Å². The van der Waals surface area contributed by atoms with Gasteiger partial charge in [0.2, 0.25) is 5.95 Å². The van der Waals surface area contributed by atoms with Crippen LogP contribution < -0.4 is 10.6 Å². The summed E-state index contributed by atoms with van der Waals surface area (Å²) < 4.78 is 0. The highest BCUT2D eigenvalue weighted by molar-refractivity contribution is 5.93. The van der Waals surface area contributed by atoms with Gasteiger partial charge in [-0.05, 0) is 32.9 Å². The van der Waals surface area contributed by atoms with E-state index in [1.807, 2.05) is 45.0 Å². The minimum Gasteiger partial charge on any atom is -0.350 e. The zero-order valence-corrected chi connectivity index (χ0v) is 11.8. The molecule has 0 saturated carbocycles. The molecule has 5 nitrogen and oxygen atoms in total. The molecular formula is C15H18N4O. The molecule has 104 valence electrons. The molecule has 0 fully saturated rings. The Labute approximate surface area is 118 Å². The van der Waals surface area contributed by atoms with Crippen LogP contribution in [0, 0.1) is 6.92 Å². The number of hydrogen-bond donors (Lipinski definition) is 2. The second-order valence-corrected chi connectivity index (χ2v) is 4.91. The Morgan fingerprint density at radius 3 is 2.25 bits per heavy atom. The van der Waals surface area contributed by atoms with Crippen LogP contribution >= 0.6 is 0 Å². The summed E-state index contributed by atoms with van der Waals surface area (Å²) in [5.41, 5.74) is 2.56. The fourth-order valence-corrected chi connectivity index (χ4v) is 1.62. The van der Waals surface area contributed by atoms with Crippen molar-refractivity contribution in [2.75, 3.05) is 5.32 Å². The van der Waals surface area contributed by atoms with Gasteiger partial charge in [0.1, 0.15) is 0 Å². The molecule has 1 aromatic heterocycles. The van der Waals surface area contributed by atoms with Gasteiger partial charge in [-0.2, -0.15) is 0 Å². The summed E-state index contributed by atoms with van der Waals surface area (Å²) >= 11 is 0. The molecular weight excluding hydrogens is 252 g/mol. The van der Waals surface area contributed by atoms with Gasteiger partial charge in [-0.3, -0.25) is 4.79 Å². The van der Waals surface area contributed by atoms with Gasteiger partial charge in [0.05, 0.1) is 5.56 Å². The Morgan fingerprint density at radius 1 is 1.10 bits per heavy atom. The van der Waals surface area contributed by atoms with Crippen LogP contribution in [0.25, 0.3) is 0 Å². The van der Waals surface area contributed by atoms with E-state index in [4.69, 9.17) is 0 Å². The van der Waals surface area contributed by atoms with E-state index < -0.39 is 0 Å². The third-order valence-electron chi connectivity index (χ3n) is 2.64. The molecule has 0 aliphatic rings. The van der Waals surface area contributed by atoms with Crippen LogP contribution in [0.3, 0.4) is 0 Å². The molecule has 20 heavy (non-hydrogen) atoms. The molecule has 0 unspecified atom stereocenters. The van der Waals surface area contributed by atoms with E-state index in [1.54, 1.807) is 0 Å². The van der Waals surface area contributed by atoms with Crippen molar-refractivity contribution in [1.82, 2.24) is 15.3 Å². The Hall–Kier alpha value is -2.43. The van der Waals surface area contributed by atoms with Gasteiger partial charge in [0, 0.05) is 24.1 Å². The molecule has 0 aliphatic heterocycles. The molecule has 5 heteroatoms. The number of hydrogen-bond acceptors (Lipinski definition) is 4. The second kappa shape index (κ2) is 6.14. The summed E-state index contributed by atoms with van der Waals surface area (Å²) in [6.07, 6.45) is 3.03. The molecule has 1 amide bonds. The van der Waals surface area contributed by atoms with E-state index in [1.165, 1.54) is 18.0 Å². The number of rotatable bonds is 4. The van der Waals surface area contributed by atoms with Gasteiger partial charge in [-0.15, -0.1) is 0 Å². The quantitative estimate of drug-likeness (QED) is 0.896. The van der Waals surface area contributed by atoms with Crippen LogP contribution in [0.4, 0.5) is 11.6 Å². The zero-order valence-electron chi connectivity index (χ0n) is 11.8. The number of carbonyl (C=O) groups is 1. The lowest BCUT2D eigenvalue weighted by atomic mass is 10.2. The molecule has 1 heterocycles. The normalized spacial score (nSPS) is 10.4. The molecule has 0 spiro atoms. The Kier molecular flexibility index (Phi) is 4.30. The van der Waals surface area contributed by atoms with Crippen molar-refractivity contribution in [3.05, 3.63) is 47.8 Å². The maximum atomic E-state index is 11.8. The lowest BCUT2D eigenvalue weighted by Gasteiger charge is -2.08. The number of aryl methyl sites for hydroxylation is 1. The Balaban J connectivity index is 2.04. The van der Waals surface area contributed by atoms with Crippen LogP contribution in [0.1, 0.15) is 29.8 Å². The average molecular weight is 270 g/mol. The van der Waals surface area contributed by atoms with Crippen molar-refractivity contribution < 1.29 is 4.79 Å². The predicted molar refractivity (Wildman–Crippen MR) is 79.1 cm³/mol. The number of benzene rings is 1. The highest BCUT2D eigenvalue weighted by Crippen LogP contribution is 2.13. The maximum Gasteiger partial charge on any atom is 0.254 e. The van der Waals surface area contributed by atoms with E-state index in [9.17, 15) is 4.79 Å². The zero-order chi connectivity index (χ0) is 14.5. The first-order valence-electron chi connectivity index (χ1n) is 6.51. The number of nitrogens with zero attached hydrogens (tertiary/aromatic N) is 2. The molecule has 2 N–H and O–H groups in total. The lowest BCUT2D eigenvalue weighted by molar-refractivity contribution is 0.0942. The predicted octanol–water partition coefficient (Wildman–Crippen LogP) is 2.67. The first-order chi connectivity index (χ1) is 9.54. The van der Waals surface area contributed by atoms with Crippen molar-refractivity contribution in [3.8, 4) is 0 Å². The van der Waals surface area contributed by atoms with E-state index in [2.05, 4.69) is 20.6 Å². The first kappa shape index (κ1) is 14.0. The van der Waals surface area contributed by atoms with Gasteiger partial charge < -0.3 is 10.6 Å². The highest BCUT2D eigenvalue weighted by Gasteiger charge is 2.08. The topological polar surface area (TPSA) is 66.9 Å². The summed E-state index contributed by atoms with van der Waals surface area (Å²) in [7, 11) is 0. The molecule has 0 saturated heterocycles. The fourth-order valence-electron chi connectivity index (χ4n) is 1.62. The van der Waals surface area contributed by atoms with E-state index in [0.717, 1.165) is 5.69 Å². The van der Waals surface area contributed by atoms with E-state index in [0.29, 0.717) is 11.5 Å². The highest BCUT2D eigenvalue weighted by atomic mass is 16.1. The fraction of sp³-hybridized carbons (Fsp3) is 0.267. The van der Waals surface area contributed by atoms with Crippen LogP contribution in [0.15, 0.2) is 36.7 Å². The van der Waals surface area contributed by atoms with E-state index in [-0.39, 0.29) is 11.9 Å². The van der Waals surface area contributed by atoms with Crippen LogP contribution in [0.5, 0.6) is 0 Å². The van der Waals surface area contributed by atoms with Crippen LogP contribution in [-0.4, -0.2) is 21.9 Å². The lowest BCUT2D eigenvalue weighted by Crippen LogP contribution is -2.30. The summed E-state index contributed by atoms with van der Waals surface area (Å²) in [6.45, 7) is 5.85. The summed E-state index contributed by atoms with van der Waals surface area (Å²) in [4.78, 5) is 20.0. The van der Waals surface area contributed by atoms with Crippen molar-refractivity contribution in [1.29, 1.82) is 0 Å². The Bertz CT molecular complexity index is 576. The van der Waals surface area contributed by atoms with Gasteiger partial charge in [0.15, 0.2) is 0 Å². The monoisotopic (exact) mass is 270 g/mol. The standard InChI is InChI=1S/C15H18N4O/c1-10(2)18-14(20)12-8-16-15(17-9-12)19-13-6-4-11(3)5-7-13/h4-10H,1-3H3,(H,18,20)(H,16,17,19). The summed E-state index contributed by atoms with van der Waals surface area (Å²) in [5, 5.41) is 5.88. The molecule has 2 rings (SSSR count). The molecule has 0 bridgehead atoms. The minimum absolute atomic E-state index is 0.0906. The average Bonchev–Trinajstić information content (AvgIpc) is 2.41. The smallest absolute Gasteiger partial charge is 0.254 e. The minimum atomic E-state index is -0.165. The largest absolute Gasteiger partial charge is 0.350 e. The maximum absolute atomic E-state index is 11.8.